The quantitative estimate of drug-likeness (QED) is 0.534. The molecule has 1 heterocycles. The number of hydrogen-bond donors (Lipinski definition) is 2. The Hall–Kier alpha value is 0.459. The van der Waals surface area contributed by atoms with Crippen LogP contribution in [0.2, 0.25) is 0 Å². The Kier molecular flexibility index (Phi) is 3.47. The molecule has 8 nitrogen and oxygen atoms in total. The van der Waals surface area contributed by atoms with Crippen LogP contribution in [0.3, 0.4) is 0 Å². The van der Waals surface area contributed by atoms with Gasteiger partial charge in [-0.3, -0.25) is 0 Å². The third-order valence-corrected chi connectivity index (χ3v) is 6.78. The molecule has 0 aliphatic carbocycles. The molecule has 76 valence electrons. The highest BCUT2D eigenvalue weighted by molar-refractivity contribution is 7.86. The third kappa shape index (κ3) is 3.60. The average Bonchev–Trinajstić information content (AvgIpc) is 1.80. The molecule has 1 saturated heterocycles. The maximum Gasteiger partial charge on any atom is 0.932 e. The fraction of sp³-hybridized carbons (Fsp3) is 1.00. The monoisotopic (exact) mass is 246 g/mol. The summed E-state index contributed by atoms with van der Waals surface area (Å²) in [4.78, 5) is 17.9. The first-order chi connectivity index (χ1) is 5.85. The van der Waals surface area contributed by atoms with Crippen molar-refractivity contribution in [2.45, 2.75) is 6.92 Å². The minimum absolute atomic E-state index is 0.0348. The highest BCUT2D eigenvalue weighted by atomic mass is 32.3. The first kappa shape index (κ1) is 11.5. The van der Waals surface area contributed by atoms with Crippen LogP contribution in [0, 0.1) is 0 Å². The van der Waals surface area contributed by atoms with Crippen LogP contribution in [0.1, 0.15) is 6.92 Å². The Morgan fingerprint density at radius 2 is 2.00 bits per heavy atom. The van der Waals surface area contributed by atoms with Crippen molar-refractivity contribution >= 4 is 34.6 Å². The largest absolute Gasteiger partial charge is 0.932 e. The van der Waals surface area contributed by atoms with Crippen molar-refractivity contribution in [2.24, 2.45) is 0 Å². The molecule has 0 aromatic carbocycles. The molecule has 1 aliphatic rings. The Bertz CT molecular complexity index is 262. The minimum atomic E-state index is -4.25. The van der Waals surface area contributed by atoms with Gasteiger partial charge in [-0.1, -0.05) is 0 Å². The lowest BCUT2D eigenvalue weighted by Gasteiger charge is -2.24. The van der Waals surface area contributed by atoms with E-state index >= 15 is 0 Å². The van der Waals surface area contributed by atoms with Crippen LogP contribution < -0.4 is 0 Å². The number of rotatable bonds is 4. The molecule has 0 unspecified atom stereocenters. The van der Waals surface area contributed by atoms with E-state index in [-0.39, 0.29) is 6.61 Å². The maximum absolute atomic E-state index is 10.3. The zero-order chi connectivity index (χ0) is 10.1. The molecule has 2 N–H and O–H groups in total. The summed E-state index contributed by atoms with van der Waals surface area (Å²) in [5, 5.41) is 0. The molecule has 0 radical (unpaired) electrons. The zero-order valence-electron chi connectivity index (χ0n) is 6.54. The van der Waals surface area contributed by atoms with Crippen molar-refractivity contribution in [3.63, 3.8) is 0 Å². The lowest BCUT2D eigenvalue weighted by Crippen LogP contribution is -2.54. The van der Waals surface area contributed by atoms with Gasteiger partial charge in [-0.2, -0.15) is 8.42 Å². The van der Waals surface area contributed by atoms with E-state index in [2.05, 4.69) is 14.4 Å². The van der Waals surface area contributed by atoms with E-state index in [9.17, 15) is 8.42 Å². The molecular weight excluding hydrogens is 239 g/mol. The smallest absolute Gasteiger partial charge is 0.433 e. The van der Waals surface area contributed by atoms with Crippen LogP contribution in [0.5, 0.6) is 0 Å². The number of hydrogen-bond acceptors (Lipinski definition) is 8. The normalized spacial score (nSPS) is 21.3. The molecule has 13 heavy (non-hydrogen) atoms. The lowest BCUT2D eigenvalue weighted by molar-refractivity contribution is 0.0520. The van der Waals surface area contributed by atoms with Gasteiger partial charge in [0.25, 0.3) is 0 Å². The van der Waals surface area contributed by atoms with Crippen molar-refractivity contribution in [3.05, 3.63) is 0 Å². The fourth-order valence-corrected chi connectivity index (χ4v) is 4.86. The van der Waals surface area contributed by atoms with E-state index in [0.717, 1.165) is 0 Å². The maximum atomic E-state index is 10.3. The summed E-state index contributed by atoms with van der Waals surface area (Å²) in [5.74, 6) is 0. The average molecular weight is 246 g/mol. The van der Waals surface area contributed by atoms with E-state index < -0.39 is 34.6 Å². The molecule has 1 aliphatic heterocycles. The second kappa shape index (κ2) is 3.91. The van der Waals surface area contributed by atoms with Crippen molar-refractivity contribution in [2.75, 3.05) is 6.61 Å². The Morgan fingerprint density at radius 1 is 1.46 bits per heavy atom. The minimum Gasteiger partial charge on any atom is -0.433 e. The second-order valence-electron chi connectivity index (χ2n) is 1.99. The highest BCUT2D eigenvalue weighted by Crippen LogP contribution is 2.17. The van der Waals surface area contributed by atoms with Crippen LogP contribution in [0.25, 0.3) is 0 Å². The molecular formula is C2H7AlO8SSi. The predicted octanol–water partition coefficient (Wildman–Crippen LogP) is -2.26. The Morgan fingerprint density at radius 3 is 2.38 bits per heavy atom. The van der Waals surface area contributed by atoms with Crippen LogP contribution in [0.4, 0.5) is 0 Å². The van der Waals surface area contributed by atoms with Crippen molar-refractivity contribution < 1.29 is 32.4 Å². The molecule has 0 atom stereocenters. The Balaban J connectivity index is 2.34. The van der Waals surface area contributed by atoms with Gasteiger partial charge in [-0.15, -0.1) is 0 Å². The van der Waals surface area contributed by atoms with E-state index in [1.54, 1.807) is 0 Å². The first-order valence-corrected chi connectivity index (χ1v) is 7.68. The standard InChI is InChI=1S/C2H7O4Si.Al.H2O4S/c1-2-6-7(3,4)5;;1-5(2,3)4/h3-4H,2H2,1H3;;(H2,1,2,3,4)/q-1;+3;/p-2. The van der Waals surface area contributed by atoms with Crippen LogP contribution >= 0.6 is 0 Å². The van der Waals surface area contributed by atoms with Crippen molar-refractivity contribution in [3.8, 4) is 0 Å². The van der Waals surface area contributed by atoms with E-state index in [1.807, 2.05) is 0 Å². The molecule has 0 spiro atoms. The summed E-state index contributed by atoms with van der Waals surface area (Å²) in [5.41, 5.74) is 0. The van der Waals surface area contributed by atoms with Crippen molar-refractivity contribution in [1.82, 2.24) is 0 Å². The fourth-order valence-electron chi connectivity index (χ4n) is 0.586. The summed E-state index contributed by atoms with van der Waals surface area (Å²) >= 11 is -2.93. The summed E-state index contributed by atoms with van der Waals surface area (Å²) < 4.78 is 37.5. The SMILES string of the molecule is CCO[Si](O)(O)[O][Al]1[O]S(=O)(=O)[O]1. The first-order valence-electron chi connectivity index (χ1n) is 3.23. The van der Waals surface area contributed by atoms with Gasteiger partial charge < -0.3 is 24.0 Å². The molecule has 0 bridgehead atoms. The van der Waals surface area contributed by atoms with Gasteiger partial charge in [0.05, 0.1) is 0 Å². The molecule has 0 aromatic heterocycles. The third-order valence-electron chi connectivity index (χ3n) is 0.975. The Labute approximate surface area is 80.8 Å². The van der Waals surface area contributed by atoms with Crippen LogP contribution in [0.15, 0.2) is 0 Å². The van der Waals surface area contributed by atoms with Gasteiger partial charge in [-0.05, 0) is 6.92 Å². The molecule has 0 amide bonds. The summed E-state index contributed by atoms with van der Waals surface area (Å²) in [7, 11) is -8.19. The molecule has 1 rings (SSSR count). The summed E-state index contributed by atoms with van der Waals surface area (Å²) in [6.45, 7) is 1.56. The molecule has 0 aromatic rings. The molecule has 11 heteroatoms. The summed E-state index contributed by atoms with van der Waals surface area (Å²) in [6.07, 6.45) is 0. The van der Waals surface area contributed by atoms with Gasteiger partial charge in [0.2, 0.25) is 0 Å². The predicted molar refractivity (Wildman–Crippen MR) is 39.7 cm³/mol. The van der Waals surface area contributed by atoms with Crippen LogP contribution in [-0.4, -0.2) is 48.8 Å². The van der Waals surface area contributed by atoms with Gasteiger partial charge in [0, 0.05) is 6.61 Å². The topological polar surface area (TPSA) is 112 Å². The van der Waals surface area contributed by atoms with Crippen molar-refractivity contribution in [1.29, 1.82) is 0 Å². The second-order valence-corrected chi connectivity index (χ2v) is 7.25. The molecule has 0 saturated carbocycles. The zero-order valence-corrected chi connectivity index (χ0v) is 9.51. The van der Waals surface area contributed by atoms with E-state index in [4.69, 9.17) is 9.59 Å². The lowest BCUT2D eigenvalue weighted by atomic mass is 10.9. The van der Waals surface area contributed by atoms with Gasteiger partial charge in [-0.25, -0.2) is 0 Å². The van der Waals surface area contributed by atoms with E-state index in [0.29, 0.717) is 0 Å². The van der Waals surface area contributed by atoms with Gasteiger partial charge >= 0.3 is 34.6 Å². The van der Waals surface area contributed by atoms with E-state index in [1.165, 1.54) is 6.92 Å². The van der Waals surface area contributed by atoms with Gasteiger partial charge in [0.1, 0.15) is 0 Å². The highest BCUT2D eigenvalue weighted by Gasteiger charge is 2.58. The molecule has 1 fully saturated rings. The van der Waals surface area contributed by atoms with Crippen LogP contribution in [-0.2, 0) is 24.8 Å². The van der Waals surface area contributed by atoms with Gasteiger partial charge in [0.15, 0.2) is 0 Å². The summed E-state index contributed by atoms with van der Waals surface area (Å²) in [6, 6.07) is 0.